The molecular weight excluding hydrogens is 349 g/mol. The Morgan fingerprint density at radius 1 is 1.26 bits per heavy atom. The fraction of sp³-hybridized carbons (Fsp3) is 0.300. The smallest absolute Gasteiger partial charge is 0.237 e. The zero-order chi connectivity index (χ0) is 18.8. The second kappa shape index (κ2) is 7.46. The average Bonchev–Trinajstić information content (AvgIpc) is 3.27. The number of hydrogen-bond donors (Lipinski definition) is 1. The van der Waals surface area contributed by atoms with Crippen molar-refractivity contribution in [2.45, 2.75) is 12.2 Å². The van der Waals surface area contributed by atoms with Crippen molar-refractivity contribution in [3.63, 3.8) is 0 Å². The lowest BCUT2D eigenvalue weighted by Crippen LogP contribution is -2.30. The van der Waals surface area contributed by atoms with Gasteiger partial charge in [0, 0.05) is 25.0 Å². The molecular formula is C20H20FN3O3. The van der Waals surface area contributed by atoms with Crippen molar-refractivity contribution >= 4 is 29.2 Å². The monoisotopic (exact) mass is 369 g/mol. The summed E-state index contributed by atoms with van der Waals surface area (Å²) in [6.45, 7) is 1.57. The second-order valence-electron chi connectivity index (χ2n) is 6.52. The number of carbonyl (C=O) groups excluding carboxylic acids is 1. The summed E-state index contributed by atoms with van der Waals surface area (Å²) in [7, 11) is 1.78. The van der Waals surface area contributed by atoms with Crippen molar-refractivity contribution in [1.29, 1.82) is 0 Å². The molecule has 0 aromatic heterocycles. The normalized spacial score (nSPS) is 19.5. The van der Waals surface area contributed by atoms with Crippen LogP contribution in [-0.2, 0) is 14.3 Å². The van der Waals surface area contributed by atoms with Crippen LogP contribution in [0, 0.1) is 5.82 Å². The molecule has 140 valence electrons. The highest BCUT2D eigenvalue weighted by molar-refractivity contribution is 6.12. The van der Waals surface area contributed by atoms with Gasteiger partial charge in [-0.05, 0) is 23.8 Å². The molecule has 1 fully saturated rings. The molecule has 1 atom stereocenters. The average molecular weight is 369 g/mol. The predicted molar refractivity (Wildman–Crippen MR) is 101 cm³/mol. The van der Waals surface area contributed by atoms with Crippen LogP contribution in [-0.4, -0.2) is 45.2 Å². The minimum atomic E-state index is -0.469. The van der Waals surface area contributed by atoms with E-state index < -0.39 is 5.92 Å². The third kappa shape index (κ3) is 3.70. The molecule has 0 spiro atoms. The number of anilines is 2. The van der Waals surface area contributed by atoms with Crippen molar-refractivity contribution < 1.29 is 18.7 Å². The fourth-order valence-electron chi connectivity index (χ4n) is 3.26. The van der Waals surface area contributed by atoms with Crippen molar-refractivity contribution in [2.24, 2.45) is 4.99 Å². The van der Waals surface area contributed by atoms with E-state index >= 15 is 0 Å². The SMILES string of the molecule is CN(CC1OCCO1)c1ccc(N=CC2C(=O)Nc3ccccc32)cc1F. The summed E-state index contributed by atoms with van der Waals surface area (Å²) < 4.78 is 25.3. The molecule has 27 heavy (non-hydrogen) atoms. The summed E-state index contributed by atoms with van der Waals surface area (Å²) in [6.07, 6.45) is 1.22. The van der Waals surface area contributed by atoms with Crippen LogP contribution in [0.4, 0.5) is 21.5 Å². The van der Waals surface area contributed by atoms with E-state index in [9.17, 15) is 9.18 Å². The standard InChI is InChI=1S/C20H20FN3O3/c1-24(12-19-26-8-9-27-19)18-7-6-13(10-16(18)21)22-11-15-14-4-2-3-5-17(14)23-20(15)25/h2-7,10-11,15,19H,8-9,12H2,1H3,(H,23,25). The number of aliphatic imine (C=N–C) groups is 1. The summed E-state index contributed by atoms with van der Waals surface area (Å²) in [5.74, 6) is -0.988. The van der Waals surface area contributed by atoms with Gasteiger partial charge in [0.1, 0.15) is 11.7 Å². The first kappa shape index (κ1) is 17.6. The highest BCUT2D eigenvalue weighted by atomic mass is 19.1. The van der Waals surface area contributed by atoms with E-state index in [4.69, 9.17) is 9.47 Å². The van der Waals surface area contributed by atoms with Gasteiger partial charge in [0.05, 0.1) is 31.1 Å². The topological polar surface area (TPSA) is 63.2 Å². The Morgan fingerprint density at radius 2 is 2.04 bits per heavy atom. The summed E-state index contributed by atoms with van der Waals surface area (Å²) in [5.41, 5.74) is 2.56. The maximum Gasteiger partial charge on any atom is 0.237 e. The van der Waals surface area contributed by atoms with Crippen LogP contribution in [0.2, 0.25) is 0 Å². The largest absolute Gasteiger partial charge is 0.367 e. The fourth-order valence-corrected chi connectivity index (χ4v) is 3.26. The molecule has 2 aromatic carbocycles. The van der Waals surface area contributed by atoms with E-state index in [2.05, 4.69) is 10.3 Å². The number of ether oxygens (including phenoxy) is 2. The van der Waals surface area contributed by atoms with Gasteiger partial charge in [0.2, 0.25) is 5.91 Å². The molecule has 4 rings (SSSR count). The lowest BCUT2D eigenvalue weighted by atomic mass is 10.0. The number of hydrogen-bond acceptors (Lipinski definition) is 5. The third-order valence-electron chi connectivity index (χ3n) is 4.67. The Labute approximate surface area is 156 Å². The molecule has 1 saturated heterocycles. The molecule has 2 aliphatic heterocycles. The first-order valence-electron chi connectivity index (χ1n) is 8.80. The highest BCUT2D eigenvalue weighted by Crippen LogP contribution is 2.32. The van der Waals surface area contributed by atoms with Gasteiger partial charge in [-0.25, -0.2) is 4.39 Å². The number of nitrogens with zero attached hydrogens (tertiary/aromatic N) is 2. The number of para-hydroxylation sites is 1. The number of nitrogens with one attached hydrogen (secondary N) is 1. The maximum absolute atomic E-state index is 14.5. The first-order valence-corrected chi connectivity index (χ1v) is 8.80. The highest BCUT2D eigenvalue weighted by Gasteiger charge is 2.28. The zero-order valence-corrected chi connectivity index (χ0v) is 14.9. The van der Waals surface area contributed by atoms with Gasteiger partial charge in [-0.1, -0.05) is 18.2 Å². The Bertz CT molecular complexity index is 881. The number of carbonyl (C=O) groups is 1. The van der Waals surface area contributed by atoms with Gasteiger partial charge >= 0.3 is 0 Å². The van der Waals surface area contributed by atoms with Crippen LogP contribution in [0.25, 0.3) is 0 Å². The van der Waals surface area contributed by atoms with Gasteiger partial charge in [0.15, 0.2) is 6.29 Å². The number of likely N-dealkylation sites (N-methyl/N-ethyl adjacent to an activating group) is 1. The van der Waals surface area contributed by atoms with Crippen LogP contribution < -0.4 is 10.2 Å². The summed E-state index contributed by atoms with van der Waals surface area (Å²) >= 11 is 0. The molecule has 2 heterocycles. The molecule has 1 unspecified atom stereocenters. The maximum atomic E-state index is 14.5. The van der Waals surface area contributed by atoms with Crippen molar-refractivity contribution in [2.75, 3.05) is 37.0 Å². The van der Waals surface area contributed by atoms with Crippen molar-refractivity contribution in [3.05, 3.63) is 53.8 Å². The molecule has 1 N–H and O–H groups in total. The van der Waals surface area contributed by atoms with Crippen LogP contribution in [0.5, 0.6) is 0 Å². The van der Waals surface area contributed by atoms with Crippen molar-refractivity contribution in [1.82, 2.24) is 0 Å². The summed E-state index contributed by atoms with van der Waals surface area (Å²) in [6, 6.07) is 12.2. The van der Waals surface area contributed by atoms with Gasteiger partial charge < -0.3 is 19.7 Å². The minimum Gasteiger partial charge on any atom is -0.367 e. The van der Waals surface area contributed by atoms with Crippen LogP contribution >= 0.6 is 0 Å². The molecule has 0 aliphatic carbocycles. The van der Waals surface area contributed by atoms with Crippen LogP contribution in [0.1, 0.15) is 11.5 Å². The molecule has 0 bridgehead atoms. The summed E-state index contributed by atoms with van der Waals surface area (Å²) in [5, 5.41) is 2.82. The van der Waals surface area contributed by atoms with E-state index in [1.807, 2.05) is 24.3 Å². The quantitative estimate of drug-likeness (QED) is 0.823. The van der Waals surface area contributed by atoms with E-state index in [1.165, 1.54) is 6.07 Å². The molecule has 2 aromatic rings. The number of benzene rings is 2. The van der Waals surface area contributed by atoms with Crippen LogP contribution in [0.15, 0.2) is 47.5 Å². The number of amides is 1. The Hall–Kier alpha value is -2.77. The second-order valence-corrected chi connectivity index (χ2v) is 6.52. The van der Waals surface area contributed by atoms with Gasteiger partial charge in [-0.15, -0.1) is 0 Å². The zero-order valence-electron chi connectivity index (χ0n) is 14.9. The van der Waals surface area contributed by atoms with Crippen LogP contribution in [0.3, 0.4) is 0 Å². The van der Waals surface area contributed by atoms with E-state index in [1.54, 1.807) is 30.3 Å². The molecule has 6 nitrogen and oxygen atoms in total. The predicted octanol–water partition coefficient (Wildman–Crippen LogP) is 3.07. The summed E-state index contributed by atoms with van der Waals surface area (Å²) in [4.78, 5) is 18.2. The molecule has 2 aliphatic rings. The van der Waals surface area contributed by atoms with Gasteiger partial charge in [-0.3, -0.25) is 9.79 Å². The Morgan fingerprint density at radius 3 is 2.81 bits per heavy atom. The van der Waals surface area contributed by atoms with Gasteiger partial charge in [0.25, 0.3) is 0 Å². The lowest BCUT2D eigenvalue weighted by molar-refractivity contribution is -0.115. The van der Waals surface area contributed by atoms with Gasteiger partial charge in [-0.2, -0.15) is 0 Å². The molecule has 0 saturated carbocycles. The number of fused-ring (bicyclic) bond motifs is 1. The number of rotatable bonds is 5. The molecule has 7 heteroatoms. The molecule has 1 amide bonds. The van der Waals surface area contributed by atoms with E-state index in [0.29, 0.717) is 31.1 Å². The lowest BCUT2D eigenvalue weighted by Gasteiger charge is -2.22. The van der Waals surface area contributed by atoms with E-state index in [0.717, 1.165) is 11.3 Å². The first-order chi connectivity index (χ1) is 13.1. The van der Waals surface area contributed by atoms with E-state index in [-0.39, 0.29) is 18.0 Å². The Kier molecular flexibility index (Phi) is 4.87. The number of halogens is 1. The van der Waals surface area contributed by atoms with Crippen molar-refractivity contribution in [3.8, 4) is 0 Å². The minimum absolute atomic E-state index is 0.131. The third-order valence-corrected chi connectivity index (χ3v) is 4.67. The molecule has 0 radical (unpaired) electrons. The Balaban J connectivity index is 1.48.